The van der Waals surface area contributed by atoms with Crippen LogP contribution in [0, 0.1) is 5.92 Å². The molecule has 0 radical (unpaired) electrons. The second-order valence-corrected chi connectivity index (χ2v) is 4.78. The summed E-state index contributed by atoms with van der Waals surface area (Å²) in [5.74, 6) is 2.57. The van der Waals surface area contributed by atoms with Gasteiger partial charge in [-0.1, -0.05) is 31.7 Å². The van der Waals surface area contributed by atoms with Crippen LogP contribution in [0.25, 0.3) is 0 Å². The summed E-state index contributed by atoms with van der Waals surface area (Å²) < 4.78 is 5.09. The molecule has 0 aliphatic heterocycles. The van der Waals surface area contributed by atoms with E-state index in [1.54, 1.807) is 7.11 Å². The van der Waals surface area contributed by atoms with Gasteiger partial charge in [0.2, 0.25) is 5.88 Å². The van der Waals surface area contributed by atoms with Crippen LogP contribution in [0.2, 0.25) is 0 Å². The number of methoxy groups -OCH3 is 1. The summed E-state index contributed by atoms with van der Waals surface area (Å²) >= 11 is 0. The minimum absolute atomic E-state index is 0.672. The second kappa shape index (κ2) is 6.48. The number of nitrogens with zero attached hydrogens (tertiary/aromatic N) is 1. The molecule has 0 aromatic carbocycles. The zero-order valence-corrected chi connectivity index (χ0v) is 10.6. The Bertz CT molecular complexity index is 335. The quantitative estimate of drug-likeness (QED) is 0.765. The summed E-state index contributed by atoms with van der Waals surface area (Å²) in [5.41, 5.74) is 0. The fraction of sp³-hybridized carbons (Fsp3) is 0.643. The highest BCUT2D eigenvalue weighted by molar-refractivity contribution is 5.36. The van der Waals surface area contributed by atoms with Crippen molar-refractivity contribution in [2.45, 2.75) is 38.5 Å². The minimum Gasteiger partial charge on any atom is -0.481 e. The van der Waals surface area contributed by atoms with E-state index in [2.05, 4.69) is 10.3 Å². The molecule has 1 N–H and O–H groups in total. The van der Waals surface area contributed by atoms with Gasteiger partial charge < -0.3 is 10.1 Å². The Hall–Kier alpha value is -1.25. The third-order valence-electron chi connectivity index (χ3n) is 3.50. The van der Waals surface area contributed by atoms with Crippen molar-refractivity contribution >= 4 is 5.82 Å². The van der Waals surface area contributed by atoms with Crippen molar-refractivity contribution in [3.63, 3.8) is 0 Å². The molecule has 3 heteroatoms. The van der Waals surface area contributed by atoms with Crippen molar-refractivity contribution < 1.29 is 4.74 Å². The molecule has 1 aliphatic rings. The lowest BCUT2D eigenvalue weighted by atomic mass is 10.0. The van der Waals surface area contributed by atoms with Gasteiger partial charge in [0, 0.05) is 12.6 Å². The van der Waals surface area contributed by atoms with Crippen LogP contribution in [0.3, 0.4) is 0 Å². The lowest BCUT2D eigenvalue weighted by Gasteiger charge is -2.10. The first-order valence-corrected chi connectivity index (χ1v) is 6.63. The molecule has 1 aliphatic carbocycles. The van der Waals surface area contributed by atoms with Gasteiger partial charge in [0.25, 0.3) is 0 Å². The Morgan fingerprint density at radius 3 is 2.94 bits per heavy atom. The predicted molar refractivity (Wildman–Crippen MR) is 70.5 cm³/mol. The van der Waals surface area contributed by atoms with E-state index >= 15 is 0 Å². The Morgan fingerprint density at radius 2 is 2.18 bits per heavy atom. The molecule has 2 rings (SSSR count). The third-order valence-corrected chi connectivity index (χ3v) is 3.50. The Balaban J connectivity index is 1.66. The predicted octanol–water partition coefficient (Wildman–Crippen LogP) is 3.47. The van der Waals surface area contributed by atoms with Crippen LogP contribution in [-0.4, -0.2) is 18.6 Å². The van der Waals surface area contributed by atoms with Crippen LogP contribution in [0.4, 0.5) is 5.82 Å². The highest BCUT2D eigenvalue weighted by Crippen LogP contribution is 2.28. The number of hydrogen-bond donors (Lipinski definition) is 1. The highest BCUT2D eigenvalue weighted by atomic mass is 16.5. The average Bonchev–Trinajstić information content (AvgIpc) is 2.88. The SMILES string of the molecule is COc1cccc(NCCCC2CCCC2)n1. The van der Waals surface area contributed by atoms with E-state index in [0.29, 0.717) is 5.88 Å². The first-order chi connectivity index (χ1) is 8.38. The Labute approximate surface area is 104 Å². The van der Waals surface area contributed by atoms with Crippen molar-refractivity contribution in [2.24, 2.45) is 5.92 Å². The molecule has 17 heavy (non-hydrogen) atoms. The summed E-state index contributed by atoms with van der Waals surface area (Å²) in [6.07, 6.45) is 8.36. The molecule has 1 aromatic rings. The van der Waals surface area contributed by atoms with E-state index in [4.69, 9.17) is 4.74 Å². The van der Waals surface area contributed by atoms with Crippen LogP contribution in [0.1, 0.15) is 38.5 Å². The molecular weight excluding hydrogens is 212 g/mol. The number of rotatable bonds is 6. The molecule has 0 atom stereocenters. The van der Waals surface area contributed by atoms with Crippen molar-refractivity contribution in [2.75, 3.05) is 19.0 Å². The number of pyridine rings is 1. The monoisotopic (exact) mass is 234 g/mol. The molecule has 1 saturated carbocycles. The maximum absolute atomic E-state index is 5.09. The fourth-order valence-electron chi connectivity index (χ4n) is 2.53. The molecular formula is C14H22N2O. The molecule has 1 aromatic heterocycles. The molecule has 0 amide bonds. The Morgan fingerprint density at radius 1 is 1.35 bits per heavy atom. The molecule has 1 heterocycles. The van der Waals surface area contributed by atoms with Crippen LogP contribution >= 0.6 is 0 Å². The van der Waals surface area contributed by atoms with Gasteiger partial charge in [-0.05, 0) is 24.8 Å². The maximum atomic E-state index is 5.09. The highest BCUT2D eigenvalue weighted by Gasteiger charge is 2.13. The van der Waals surface area contributed by atoms with Gasteiger partial charge in [-0.25, -0.2) is 0 Å². The fourth-order valence-corrected chi connectivity index (χ4v) is 2.53. The molecule has 1 fully saturated rings. The van der Waals surface area contributed by atoms with Crippen molar-refractivity contribution in [1.29, 1.82) is 0 Å². The van der Waals surface area contributed by atoms with Crippen LogP contribution in [-0.2, 0) is 0 Å². The van der Waals surface area contributed by atoms with E-state index in [1.165, 1.54) is 38.5 Å². The van der Waals surface area contributed by atoms with Gasteiger partial charge in [0.1, 0.15) is 5.82 Å². The molecule has 94 valence electrons. The van der Waals surface area contributed by atoms with Gasteiger partial charge >= 0.3 is 0 Å². The molecule has 0 bridgehead atoms. The van der Waals surface area contributed by atoms with Crippen LogP contribution in [0.5, 0.6) is 5.88 Å². The van der Waals surface area contributed by atoms with E-state index in [1.807, 2.05) is 18.2 Å². The van der Waals surface area contributed by atoms with Crippen molar-refractivity contribution in [1.82, 2.24) is 4.98 Å². The second-order valence-electron chi connectivity index (χ2n) is 4.78. The molecule has 0 saturated heterocycles. The average molecular weight is 234 g/mol. The summed E-state index contributed by atoms with van der Waals surface area (Å²) in [5, 5.41) is 3.35. The smallest absolute Gasteiger partial charge is 0.214 e. The number of hydrogen-bond acceptors (Lipinski definition) is 3. The summed E-state index contributed by atoms with van der Waals surface area (Å²) in [6.45, 7) is 1.01. The van der Waals surface area contributed by atoms with Gasteiger partial charge in [0.15, 0.2) is 0 Å². The molecule has 3 nitrogen and oxygen atoms in total. The normalized spacial score (nSPS) is 16.1. The number of nitrogens with one attached hydrogen (secondary N) is 1. The van der Waals surface area contributed by atoms with Crippen molar-refractivity contribution in [3.05, 3.63) is 18.2 Å². The minimum atomic E-state index is 0.672. The van der Waals surface area contributed by atoms with E-state index in [9.17, 15) is 0 Å². The van der Waals surface area contributed by atoms with E-state index in [-0.39, 0.29) is 0 Å². The first-order valence-electron chi connectivity index (χ1n) is 6.63. The largest absolute Gasteiger partial charge is 0.481 e. The van der Waals surface area contributed by atoms with Gasteiger partial charge in [0.05, 0.1) is 7.11 Å². The van der Waals surface area contributed by atoms with E-state index in [0.717, 1.165) is 18.3 Å². The first kappa shape index (κ1) is 12.2. The number of ether oxygens (including phenoxy) is 1. The van der Waals surface area contributed by atoms with Crippen molar-refractivity contribution in [3.8, 4) is 5.88 Å². The maximum Gasteiger partial charge on any atom is 0.214 e. The zero-order chi connectivity index (χ0) is 11.9. The van der Waals surface area contributed by atoms with Crippen LogP contribution in [0.15, 0.2) is 18.2 Å². The van der Waals surface area contributed by atoms with Crippen LogP contribution < -0.4 is 10.1 Å². The van der Waals surface area contributed by atoms with Gasteiger partial charge in [-0.15, -0.1) is 0 Å². The van der Waals surface area contributed by atoms with E-state index < -0.39 is 0 Å². The summed E-state index contributed by atoms with van der Waals surface area (Å²) in [4.78, 5) is 4.33. The number of aromatic nitrogens is 1. The topological polar surface area (TPSA) is 34.1 Å². The Kier molecular flexibility index (Phi) is 4.65. The summed E-state index contributed by atoms with van der Waals surface area (Å²) in [6, 6.07) is 5.81. The number of anilines is 1. The third kappa shape index (κ3) is 3.91. The standard InChI is InChI=1S/C14H22N2O/c1-17-14-10-4-9-13(16-14)15-11-5-8-12-6-2-3-7-12/h4,9-10,12H,2-3,5-8,11H2,1H3,(H,15,16). The van der Waals surface area contributed by atoms with Gasteiger partial charge in [-0.2, -0.15) is 4.98 Å². The lowest BCUT2D eigenvalue weighted by molar-refractivity contribution is 0.398. The molecule has 0 unspecified atom stereocenters. The zero-order valence-electron chi connectivity index (χ0n) is 10.6. The van der Waals surface area contributed by atoms with Gasteiger partial charge in [-0.3, -0.25) is 0 Å². The molecule has 0 spiro atoms. The summed E-state index contributed by atoms with van der Waals surface area (Å²) in [7, 11) is 1.65. The lowest BCUT2D eigenvalue weighted by Crippen LogP contribution is -2.05.